The van der Waals surface area contributed by atoms with Gasteiger partial charge in [-0.3, -0.25) is 0 Å². The van der Waals surface area contributed by atoms with E-state index in [9.17, 15) is 0 Å². The van der Waals surface area contributed by atoms with Gasteiger partial charge in [-0.25, -0.2) is 0 Å². The Morgan fingerprint density at radius 3 is 2.50 bits per heavy atom. The van der Waals surface area contributed by atoms with Crippen LogP contribution in [0.1, 0.15) is 51.5 Å². The fourth-order valence-corrected chi connectivity index (χ4v) is 2.55. The zero-order valence-corrected chi connectivity index (χ0v) is 12.6. The number of hydrogen-bond acceptors (Lipinski definition) is 1. The minimum atomic E-state index is 0.539. The molecule has 0 radical (unpaired) electrons. The van der Waals surface area contributed by atoms with Gasteiger partial charge in [-0.2, -0.15) is 0 Å². The molecule has 1 atom stereocenters. The second-order valence-electron chi connectivity index (χ2n) is 5.35. The lowest BCUT2D eigenvalue weighted by Gasteiger charge is -2.19. The van der Waals surface area contributed by atoms with E-state index in [2.05, 4.69) is 38.2 Å². The van der Waals surface area contributed by atoms with Gasteiger partial charge in [0, 0.05) is 11.6 Å². The molecule has 0 saturated heterocycles. The van der Waals surface area contributed by atoms with E-state index in [-0.39, 0.29) is 0 Å². The van der Waals surface area contributed by atoms with Crippen molar-refractivity contribution in [3.05, 3.63) is 34.9 Å². The summed E-state index contributed by atoms with van der Waals surface area (Å²) in [4.78, 5) is 0. The van der Waals surface area contributed by atoms with E-state index >= 15 is 0 Å². The van der Waals surface area contributed by atoms with Gasteiger partial charge in [-0.1, -0.05) is 63.4 Å². The first-order chi connectivity index (χ1) is 8.65. The molecule has 0 aliphatic heterocycles. The van der Waals surface area contributed by atoms with Gasteiger partial charge in [-0.05, 0) is 36.4 Å². The molecule has 0 spiro atoms. The summed E-state index contributed by atoms with van der Waals surface area (Å²) < 4.78 is 0. The van der Waals surface area contributed by atoms with Crippen molar-refractivity contribution in [3.8, 4) is 0 Å². The number of nitrogens with one attached hydrogen (secondary N) is 1. The first kappa shape index (κ1) is 15.5. The first-order valence-corrected chi connectivity index (χ1v) is 7.48. The van der Waals surface area contributed by atoms with Crippen LogP contribution in [0.3, 0.4) is 0 Å². The van der Waals surface area contributed by atoms with E-state index in [1.54, 1.807) is 0 Å². The Bertz CT molecular complexity index is 336. The highest BCUT2D eigenvalue weighted by molar-refractivity contribution is 6.31. The normalized spacial score (nSPS) is 12.9. The van der Waals surface area contributed by atoms with Crippen molar-refractivity contribution < 1.29 is 0 Å². The van der Waals surface area contributed by atoms with Crippen LogP contribution in [0.25, 0.3) is 0 Å². The molecule has 0 saturated carbocycles. The molecule has 1 N–H and O–H groups in total. The molecule has 0 aliphatic rings. The molecule has 1 aromatic carbocycles. The van der Waals surface area contributed by atoms with E-state index < -0.39 is 0 Å². The predicted octanol–water partition coefficient (Wildman–Crippen LogP) is 4.86. The predicted molar refractivity (Wildman–Crippen MR) is 81.4 cm³/mol. The Hall–Kier alpha value is -0.530. The zero-order chi connectivity index (χ0) is 13.4. The standard InChI is InChI=1S/C16H26ClN/c1-4-18-12-14(9-7-8-13(2)3)15-10-5-6-11-16(15)17/h5-6,10-11,13-14,18H,4,7-9,12H2,1-3H3. The van der Waals surface area contributed by atoms with Crippen molar-refractivity contribution in [2.24, 2.45) is 5.92 Å². The molecule has 102 valence electrons. The van der Waals surface area contributed by atoms with Crippen LogP contribution in [0.5, 0.6) is 0 Å². The molecule has 0 amide bonds. The zero-order valence-electron chi connectivity index (χ0n) is 11.9. The van der Waals surface area contributed by atoms with Crippen molar-refractivity contribution in [1.82, 2.24) is 5.32 Å². The lowest BCUT2D eigenvalue weighted by Crippen LogP contribution is -2.21. The van der Waals surface area contributed by atoms with E-state index in [1.807, 2.05) is 12.1 Å². The van der Waals surface area contributed by atoms with E-state index in [1.165, 1.54) is 24.8 Å². The maximum Gasteiger partial charge on any atom is 0.0441 e. The molecule has 0 bridgehead atoms. The van der Waals surface area contributed by atoms with Crippen molar-refractivity contribution in [2.75, 3.05) is 13.1 Å². The van der Waals surface area contributed by atoms with Crippen LogP contribution in [-0.2, 0) is 0 Å². The van der Waals surface area contributed by atoms with E-state index in [0.29, 0.717) is 5.92 Å². The molecule has 0 heterocycles. The molecule has 1 nitrogen and oxygen atoms in total. The molecule has 2 heteroatoms. The van der Waals surface area contributed by atoms with Gasteiger partial charge in [0.15, 0.2) is 0 Å². The van der Waals surface area contributed by atoms with Crippen molar-refractivity contribution in [1.29, 1.82) is 0 Å². The maximum absolute atomic E-state index is 6.31. The summed E-state index contributed by atoms with van der Waals surface area (Å²) in [6.45, 7) is 8.77. The second-order valence-corrected chi connectivity index (χ2v) is 5.76. The third-order valence-electron chi connectivity index (χ3n) is 3.32. The summed E-state index contributed by atoms with van der Waals surface area (Å²) in [6.07, 6.45) is 3.79. The molecule has 1 rings (SSSR count). The van der Waals surface area contributed by atoms with Crippen molar-refractivity contribution in [2.45, 2.75) is 46.0 Å². The molecule has 0 aromatic heterocycles. The monoisotopic (exact) mass is 267 g/mol. The van der Waals surface area contributed by atoms with Crippen LogP contribution in [0, 0.1) is 5.92 Å². The summed E-state index contributed by atoms with van der Waals surface area (Å²) in [7, 11) is 0. The minimum Gasteiger partial charge on any atom is -0.316 e. The SMILES string of the molecule is CCNCC(CCCC(C)C)c1ccccc1Cl. The molecular weight excluding hydrogens is 242 g/mol. The number of halogens is 1. The van der Waals surface area contributed by atoms with Crippen LogP contribution in [0.2, 0.25) is 5.02 Å². The Balaban J connectivity index is 2.62. The van der Waals surface area contributed by atoms with Gasteiger partial charge in [0.05, 0.1) is 0 Å². The molecule has 1 aromatic rings. The number of benzene rings is 1. The lowest BCUT2D eigenvalue weighted by molar-refractivity contribution is 0.483. The largest absolute Gasteiger partial charge is 0.316 e. The number of rotatable bonds is 8. The summed E-state index contributed by atoms with van der Waals surface area (Å²) in [5.41, 5.74) is 1.30. The summed E-state index contributed by atoms with van der Waals surface area (Å²) in [5.74, 6) is 1.33. The van der Waals surface area contributed by atoms with Crippen molar-refractivity contribution in [3.63, 3.8) is 0 Å². The summed E-state index contributed by atoms with van der Waals surface area (Å²) >= 11 is 6.31. The molecule has 0 aliphatic carbocycles. The number of hydrogen-bond donors (Lipinski definition) is 1. The summed E-state index contributed by atoms with van der Waals surface area (Å²) in [6, 6.07) is 8.25. The topological polar surface area (TPSA) is 12.0 Å². The lowest BCUT2D eigenvalue weighted by atomic mass is 9.92. The van der Waals surface area contributed by atoms with E-state index in [0.717, 1.165) is 24.0 Å². The fourth-order valence-electron chi connectivity index (χ4n) is 2.26. The van der Waals surface area contributed by atoms with Crippen LogP contribution in [-0.4, -0.2) is 13.1 Å². The number of likely N-dealkylation sites (N-methyl/N-ethyl adjacent to an activating group) is 1. The first-order valence-electron chi connectivity index (χ1n) is 7.10. The van der Waals surface area contributed by atoms with Gasteiger partial charge in [0.25, 0.3) is 0 Å². The van der Waals surface area contributed by atoms with Gasteiger partial charge in [0.2, 0.25) is 0 Å². The van der Waals surface area contributed by atoms with Crippen LogP contribution < -0.4 is 5.32 Å². The Morgan fingerprint density at radius 1 is 1.17 bits per heavy atom. The molecule has 1 unspecified atom stereocenters. The maximum atomic E-state index is 6.31. The van der Waals surface area contributed by atoms with Gasteiger partial charge in [-0.15, -0.1) is 0 Å². The van der Waals surface area contributed by atoms with Crippen LogP contribution >= 0.6 is 11.6 Å². The second kappa shape index (κ2) is 8.55. The Labute approximate surface area is 117 Å². The molecule has 0 fully saturated rings. The molecule has 18 heavy (non-hydrogen) atoms. The average molecular weight is 268 g/mol. The highest BCUT2D eigenvalue weighted by Crippen LogP contribution is 2.28. The van der Waals surface area contributed by atoms with Crippen LogP contribution in [0.4, 0.5) is 0 Å². The third kappa shape index (κ3) is 5.41. The Morgan fingerprint density at radius 2 is 1.89 bits per heavy atom. The highest BCUT2D eigenvalue weighted by Gasteiger charge is 2.13. The van der Waals surface area contributed by atoms with Gasteiger partial charge < -0.3 is 5.32 Å². The van der Waals surface area contributed by atoms with Crippen molar-refractivity contribution >= 4 is 11.6 Å². The quantitative estimate of drug-likeness (QED) is 0.709. The molecular formula is C16H26ClN. The fraction of sp³-hybridized carbons (Fsp3) is 0.625. The summed E-state index contributed by atoms with van der Waals surface area (Å²) in [5, 5.41) is 4.36. The Kier molecular flexibility index (Phi) is 7.38. The highest BCUT2D eigenvalue weighted by atomic mass is 35.5. The van der Waals surface area contributed by atoms with Crippen LogP contribution in [0.15, 0.2) is 24.3 Å². The van der Waals surface area contributed by atoms with E-state index in [4.69, 9.17) is 11.6 Å². The third-order valence-corrected chi connectivity index (χ3v) is 3.66. The smallest absolute Gasteiger partial charge is 0.0441 e. The van der Waals surface area contributed by atoms with Gasteiger partial charge >= 0.3 is 0 Å². The average Bonchev–Trinajstić information content (AvgIpc) is 2.34. The minimum absolute atomic E-state index is 0.539. The van der Waals surface area contributed by atoms with Gasteiger partial charge in [0.1, 0.15) is 0 Å².